The summed E-state index contributed by atoms with van der Waals surface area (Å²) in [6.45, 7) is 4.19. The Hall–Kier alpha value is -2.37. The van der Waals surface area contributed by atoms with Gasteiger partial charge in [0.15, 0.2) is 5.82 Å². The van der Waals surface area contributed by atoms with E-state index in [1.165, 1.54) is 0 Å². The first-order valence-electron chi connectivity index (χ1n) is 6.46. The van der Waals surface area contributed by atoms with Gasteiger partial charge in [0.05, 0.1) is 5.56 Å². The molecule has 0 bridgehead atoms. The summed E-state index contributed by atoms with van der Waals surface area (Å²) in [5.74, 6) is 1.01. The molecule has 1 heterocycles. The maximum absolute atomic E-state index is 12.1. The normalized spacial score (nSPS) is 10.3. The van der Waals surface area contributed by atoms with Gasteiger partial charge in [0, 0.05) is 32.6 Å². The average molecular weight is 274 g/mol. The molecule has 0 unspecified atom stereocenters. The van der Waals surface area contributed by atoms with E-state index in [2.05, 4.69) is 20.8 Å². The molecule has 20 heavy (non-hydrogen) atoms. The number of amides is 1. The van der Waals surface area contributed by atoms with E-state index in [0.717, 1.165) is 11.3 Å². The second-order valence-electron chi connectivity index (χ2n) is 4.53. The van der Waals surface area contributed by atoms with Gasteiger partial charge in [0.1, 0.15) is 0 Å². The molecule has 0 atom stereocenters. The third-order valence-electron chi connectivity index (χ3n) is 2.89. The van der Waals surface area contributed by atoms with Gasteiger partial charge in [0.25, 0.3) is 5.91 Å². The minimum atomic E-state index is -0.116. The molecule has 0 saturated heterocycles. The van der Waals surface area contributed by atoms with Crippen LogP contribution >= 0.6 is 0 Å². The van der Waals surface area contributed by atoms with Crippen LogP contribution in [0.25, 0.3) is 0 Å². The molecule has 1 amide bonds. The molecule has 0 aliphatic heterocycles. The van der Waals surface area contributed by atoms with Gasteiger partial charge < -0.3 is 15.2 Å². The molecule has 2 rings (SSSR count). The minimum absolute atomic E-state index is 0.116. The number of anilines is 1. The van der Waals surface area contributed by atoms with Crippen molar-refractivity contribution < 1.29 is 9.32 Å². The standard InChI is InChI=1S/C14H18N4O2/c1-9-4-5-11(12(8-9)15-3)14(19)16-7-6-13-17-10(2)20-18-13/h4-5,8,15H,6-7H2,1-3H3,(H,16,19). The Balaban J connectivity index is 1.95. The van der Waals surface area contributed by atoms with Crippen molar-refractivity contribution in [1.82, 2.24) is 15.5 Å². The van der Waals surface area contributed by atoms with E-state index in [1.807, 2.05) is 25.1 Å². The van der Waals surface area contributed by atoms with E-state index in [-0.39, 0.29) is 5.91 Å². The van der Waals surface area contributed by atoms with Gasteiger partial charge in [-0.3, -0.25) is 4.79 Å². The molecule has 0 aliphatic carbocycles. The highest BCUT2D eigenvalue weighted by Gasteiger charge is 2.11. The summed E-state index contributed by atoms with van der Waals surface area (Å²) >= 11 is 0. The van der Waals surface area contributed by atoms with Crippen LogP contribution in [0.2, 0.25) is 0 Å². The molecular weight excluding hydrogens is 256 g/mol. The zero-order valence-corrected chi connectivity index (χ0v) is 11.9. The smallest absolute Gasteiger partial charge is 0.253 e. The maximum atomic E-state index is 12.1. The first-order valence-corrected chi connectivity index (χ1v) is 6.46. The van der Waals surface area contributed by atoms with E-state index in [9.17, 15) is 4.79 Å². The van der Waals surface area contributed by atoms with Crippen molar-refractivity contribution in [3.05, 3.63) is 41.0 Å². The average Bonchev–Trinajstić information content (AvgIpc) is 2.84. The molecule has 2 N–H and O–H groups in total. The lowest BCUT2D eigenvalue weighted by Crippen LogP contribution is -2.26. The molecular formula is C14H18N4O2. The third-order valence-corrected chi connectivity index (χ3v) is 2.89. The van der Waals surface area contributed by atoms with Crippen LogP contribution in [-0.2, 0) is 6.42 Å². The van der Waals surface area contributed by atoms with Gasteiger partial charge in [-0.05, 0) is 24.6 Å². The van der Waals surface area contributed by atoms with Crippen molar-refractivity contribution in [2.24, 2.45) is 0 Å². The molecule has 6 heteroatoms. The fourth-order valence-corrected chi connectivity index (χ4v) is 1.89. The second kappa shape index (κ2) is 6.18. The summed E-state index contributed by atoms with van der Waals surface area (Å²) in [6, 6.07) is 5.67. The number of carbonyl (C=O) groups excluding carboxylic acids is 1. The van der Waals surface area contributed by atoms with E-state index in [4.69, 9.17) is 4.52 Å². The minimum Gasteiger partial charge on any atom is -0.387 e. The third kappa shape index (κ3) is 3.34. The summed E-state index contributed by atoms with van der Waals surface area (Å²) in [5.41, 5.74) is 2.55. The molecule has 0 radical (unpaired) electrons. The van der Waals surface area contributed by atoms with Crippen LogP contribution in [-0.4, -0.2) is 29.6 Å². The lowest BCUT2D eigenvalue weighted by atomic mass is 10.1. The van der Waals surface area contributed by atoms with Gasteiger partial charge in [-0.15, -0.1) is 0 Å². The molecule has 6 nitrogen and oxygen atoms in total. The molecule has 2 aromatic rings. The van der Waals surface area contributed by atoms with Crippen molar-refractivity contribution in [2.75, 3.05) is 18.9 Å². The van der Waals surface area contributed by atoms with Gasteiger partial charge in [-0.2, -0.15) is 4.98 Å². The molecule has 1 aromatic carbocycles. The maximum Gasteiger partial charge on any atom is 0.253 e. The predicted molar refractivity (Wildman–Crippen MR) is 75.8 cm³/mol. The number of hydrogen-bond donors (Lipinski definition) is 2. The monoisotopic (exact) mass is 274 g/mol. The number of nitrogens with one attached hydrogen (secondary N) is 2. The van der Waals surface area contributed by atoms with E-state index in [1.54, 1.807) is 14.0 Å². The van der Waals surface area contributed by atoms with Gasteiger partial charge in [0.2, 0.25) is 5.89 Å². The molecule has 0 aliphatic rings. The first-order chi connectivity index (χ1) is 9.60. The van der Waals surface area contributed by atoms with E-state index in [0.29, 0.717) is 30.2 Å². The highest BCUT2D eigenvalue weighted by Crippen LogP contribution is 2.16. The van der Waals surface area contributed by atoms with Gasteiger partial charge >= 0.3 is 0 Å². The molecule has 0 fully saturated rings. The van der Waals surface area contributed by atoms with Crippen LogP contribution in [0.4, 0.5) is 5.69 Å². The van der Waals surface area contributed by atoms with Crippen molar-refractivity contribution >= 4 is 11.6 Å². The molecule has 106 valence electrons. The Morgan fingerprint density at radius 1 is 1.35 bits per heavy atom. The fraction of sp³-hybridized carbons (Fsp3) is 0.357. The number of aryl methyl sites for hydroxylation is 2. The number of nitrogens with zero attached hydrogens (tertiary/aromatic N) is 2. The van der Waals surface area contributed by atoms with Crippen molar-refractivity contribution in [3.63, 3.8) is 0 Å². The Morgan fingerprint density at radius 3 is 2.80 bits per heavy atom. The Labute approximate surface area is 117 Å². The van der Waals surface area contributed by atoms with Crippen LogP contribution in [0, 0.1) is 13.8 Å². The summed E-state index contributed by atoms with van der Waals surface area (Å²) in [4.78, 5) is 16.2. The van der Waals surface area contributed by atoms with Crippen LogP contribution in [0.1, 0.15) is 27.6 Å². The SMILES string of the molecule is CNc1cc(C)ccc1C(=O)NCCc1noc(C)n1. The summed E-state index contributed by atoms with van der Waals surface area (Å²) in [5, 5.41) is 9.66. The Morgan fingerprint density at radius 2 is 2.15 bits per heavy atom. The quantitative estimate of drug-likeness (QED) is 0.867. The summed E-state index contributed by atoms with van der Waals surface area (Å²) < 4.78 is 4.87. The van der Waals surface area contributed by atoms with Gasteiger partial charge in [-0.25, -0.2) is 0 Å². The number of carbonyl (C=O) groups is 1. The number of aromatic nitrogens is 2. The van der Waals surface area contributed by atoms with E-state index >= 15 is 0 Å². The number of benzene rings is 1. The number of hydrogen-bond acceptors (Lipinski definition) is 5. The molecule has 0 spiro atoms. The van der Waals surface area contributed by atoms with Crippen molar-refractivity contribution in [1.29, 1.82) is 0 Å². The van der Waals surface area contributed by atoms with Crippen LogP contribution < -0.4 is 10.6 Å². The Kier molecular flexibility index (Phi) is 4.34. The number of rotatable bonds is 5. The fourth-order valence-electron chi connectivity index (χ4n) is 1.89. The topological polar surface area (TPSA) is 80.0 Å². The highest BCUT2D eigenvalue weighted by atomic mass is 16.5. The van der Waals surface area contributed by atoms with Crippen molar-refractivity contribution in [2.45, 2.75) is 20.3 Å². The molecule has 0 saturated carbocycles. The van der Waals surface area contributed by atoms with Crippen LogP contribution in [0.15, 0.2) is 22.7 Å². The van der Waals surface area contributed by atoms with Crippen LogP contribution in [0.3, 0.4) is 0 Å². The summed E-state index contributed by atoms with van der Waals surface area (Å²) in [6.07, 6.45) is 0.545. The van der Waals surface area contributed by atoms with Gasteiger partial charge in [-0.1, -0.05) is 11.2 Å². The molecule has 1 aromatic heterocycles. The van der Waals surface area contributed by atoms with E-state index < -0.39 is 0 Å². The first kappa shape index (κ1) is 14.0. The predicted octanol–water partition coefficient (Wildman–Crippen LogP) is 1.70. The lowest BCUT2D eigenvalue weighted by molar-refractivity contribution is 0.0954. The largest absolute Gasteiger partial charge is 0.387 e. The van der Waals surface area contributed by atoms with Crippen LogP contribution in [0.5, 0.6) is 0 Å². The lowest BCUT2D eigenvalue weighted by Gasteiger charge is -2.10. The zero-order chi connectivity index (χ0) is 14.5. The zero-order valence-electron chi connectivity index (χ0n) is 11.9. The summed E-state index contributed by atoms with van der Waals surface area (Å²) in [7, 11) is 1.80. The van der Waals surface area contributed by atoms with Crippen molar-refractivity contribution in [3.8, 4) is 0 Å². The second-order valence-corrected chi connectivity index (χ2v) is 4.53. The Bertz CT molecular complexity index is 607. The highest BCUT2D eigenvalue weighted by molar-refractivity contribution is 5.99.